The minimum absolute atomic E-state index is 0.00972. The molecule has 83 heavy (non-hydrogen) atoms. The lowest BCUT2D eigenvalue weighted by molar-refractivity contribution is -0.153. The molecule has 2 aromatic carbocycles. The monoisotopic (exact) mass is 1210 g/mol. The van der Waals surface area contributed by atoms with Gasteiger partial charge < -0.3 is 59.9 Å². The van der Waals surface area contributed by atoms with Gasteiger partial charge in [0.1, 0.15) is 45.7 Å². The van der Waals surface area contributed by atoms with Gasteiger partial charge in [-0.25, -0.2) is 31.2 Å². The van der Waals surface area contributed by atoms with Crippen molar-refractivity contribution in [2.45, 2.75) is 42.4 Å². The van der Waals surface area contributed by atoms with E-state index >= 15 is 0 Å². The first-order valence-corrected chi connectivity index (χ1v) is 26.5. The van der Waals surface area contributed by atoms with Crippen molar-refractivity contribution in [3.63, 3.8) is 0 Å². The number of carboxylic acids is 5. The van der Waals surface area contributed by atoms with Gasteiger partial charge in [0.25, 0.3) is 0 Å². The number of hydrogen-bond acceptors (Lipinski definition) is 22. The van der Waals surface area contributed by atoms with Crippen LogP contribution in [0.3, 0.4) is 0 Å². The lowest BCUT2D eigenvalue weighted by atomic mass is 10.1. The fourth-order valence-corrected chi connectivity index (χ4v) is 5.95. The number of ketones is 2. The number of nitrogens with one attached hydrogen (secondary N) is 2. The first-order valence-electron chi connectivity index (χ1n) is 22.9. The molecule has 2 rings (SSSR count). The zero-order valence-electron chi connectivity index (χ0n) is 45.0. The number of amides is 2. The highest BCUT2D eigenvalue weighted by Gasteiger charge is 2.18. The van der Waals surface area contributed by atoms with E-state index in [-0.39, 0.29) is 79.9 Å². The minimum Gasteiger partial charge on any atom is -0.481 e. The Labute approximate surface area is 476 Å². The Morgan fingerprint density at radius 3 is 1.40 bits per heavy atom. The van der Waals surface area contributed by atoms with E-state index in [4.69, 9.17) is 25.5 Å². The van der Waals surface area contributed by atoms with Crippen LogP contribution in [0.5, 0.6) is 0 Å². The van der Waals surface area contributed by atoms with Crippen LogP contribution in [0.1, 0.15) is 37.3 Å². The molecule has 0 aliphatic carbocycles. The van der Waals surface area contributed by atoms with Gasteiger partial charge >= 0.3 is 53.7 Å². The highest BCUT2D eigenvalue weighted by atomic mass is 32.2. The summed E-state index contributed by atoms with van der Waals surface area (Å²) in [5.41, 5.74) is 1.92. The van der Waals surface area contributed by atoms with Crippen molar-refractivity contribution in [2.75, 3.05) is 64.7 Å². The Hall–Kier alpha value is -9.75. The number of esters is 4. The smallest absolute Gasteiger partial charge is 0.330 e. The first kappa shape index (κ1) is 79.7. The maximum atomic E-state index is 11.4. The van der Waals surface area contributed by atoms with Crippen LogP contribution in [0.25, 0.3) is 6.08 Å². The zero-order valence-corrected chi connectivity index (χ0v) is 46.6. The number of rotatable bonds is 31. The van der Waals surface area contributed by atoms with Crippen molar-refractivity contribution in [3.8, 4) is 0 Å². The summed E-state index contributed by atoms with van der Waals surface area (Å²) in [5.74, 6) is -11.4. The fourth-order valence-electron chi connectivity index (χ4n) is 4.28. The molecule has 29 nitrogen and oxygen atoms in total. The lowest BCUT2D eigenvalue weighted by Crippen LogP contribution is -2.28. The fraction of sp³-hybridized carbons (Fsp3) is 0.288. The molecule has 0 heterocycles. The second-order valence-corrected chi connectivity index (χ2v) is 19.0. The molecule has 0 saturated carbocycles. The summed E-state index contributed by atoms with van der Waals surface area (Å²) in [4.78, 5) is 136. The predicted molar refractivity (Wildman–Crippen MR) is 290 cm³/mol. The molecule has 0 fully saturated rings. The van der Waals surface area contributed by atoms with Gasteiger partial charge in [0.2, 0.25) is 11.8 Å². The molecular formula is C52H64N2O27S2. The van der Waals surface area contributed by atoms with Crippen LogP contribution in [-0.4, -0.2) is 184 Å². The van der Waals surface area contributed by atoms with Crippen LogP contribution in [-0.2, 0) is 112 Å². The van der Waals surface area contributed by atoms with E-state index in [1.807, 2.05) is 0 Å². The summed E-state index contributed by atoms with van der Waals surface area (Å²) < 4.78 is 67.5. The first-order chi connectivity index (χ1) is 38.6. The highest BCUT2D eigenvalue weighted by Crippen LogP contribution is 2.13. The van der Waals surface area contributed by atoms with Gasteiger partial charge in [-0.05, 0) is 54.5 Å². The molecule has 0 radical (unpaired) electrons. The topological polar surface area (TPSA) is 462 Å². The molecule has 0 spiro atoms. The Balaban J connectivity index is -0.000000452. The summed E-state index contributed by atoms with van der Waals surface area (Å²) >= 11 is 0. The van der Waals surface area contributed by atoms with Crippen LogP contribution in [0.15, 0.2) is 128 Å². The average Bonchev–Trinajstić information content (AvgIpc) is 3.58. The Bertz CT molecular complexity index is 2840. The molecule has 456 valence electrons. The summed E-state index contributed by atoms with van der Waals surface area (Å²) in [6, 6.07) is 12.2. The van der Waals surface area contributed by atoms with E-state index in [1.54, 1.807) is 37.3 Å². The number of allylic oxidation sites excluding steroid dienone is 1. The normalized spacial score (nSPS) is 9.66. The summed E-state index contributed by atoms with van der Waals surface area (Å²) in [5, 5.41) is 45.8. The van der Waals surface area contributed by atoms with Gasteiger partial charge in [0.15, 0.2) is 43.6 Å². The number of benzene rings is 2. The number of carbonyl (C=O) groups excluding carboxylic acids is 8. The molecule has 7 N–H and O–H groups in total. The number of ether oxygens (including phenoxy) is 5. The van der Waals surface area contributed by atoms with Crippen LogP contribution >= 0.6 is 0 Å². The third-order valence-corrected chi connectivity index (χ3v) is 10.7. The number of Topliss-reactive ketones (excluding diaryl/α,β-unsaturated/α-hetero) is 1. The Morgan fingerprint density at radius 1 is 0.530 bits per heavy atom. The van der Waals surface area contributed by atoms with Gasteiger partial charge in [-0.2, -0.15) is 0 Å². The van der Waals surface area contributed by atoms with Crippen molar-refractivity contribution in [1.82, 2.24) is 10.6 Å². The summed E-state index contributed by atoms with van der Waals surface area (Å²) in [7, 11) is -6.88. The maximum Gasteiger partial charge on any atom is 0.330 e. The molecule has 0 saturated heterocycles. The molecule has 0 aliphatic rings. The van der Waals surface area contributed by atoms with Crippen LogP contribution in [0, 0.1) is 0 Å². The second-order valence-electron chi connectivity index (χ2n) is 15.0. The number of sulfone groups is 2. The van der Waals surface area contributed by atoms with Crippen molar-refractivity contribution in [1.29, 1.82) is 0 Å². The third kappa shape index (κ3) is 50.2. The second kappa shape index (κ2) is 46.0. The van der Waals surface area contributed by atoms with Crippen molar-refractivity contribution in [3.05, 3.63) is 129 Å². The molecule has 0 aromatic heterocycles. The number of carboxylic acid groups (broad SMARTS) is 5. The summed E-state index contributed by atoms with van der Waals surface area (Å²) in [6.07, 6.45) is 5.26. The number of hydrogen-bond donors (Lipinski definition) is 7. The minimum atomic E-state index is -3.72. The summed E-state index contributed by atoms with van der Waals surface area (Å²) in [6.45, 7) is 20.7. The molecule has 2 aromatic rings. The van der Waals surface area contributed by atoms with Crippen molar-refractivity contribution >= 4 is 103 Å². The quantitative estimate of drug-likeness (QED) is 0.0183. The van der Waals surface area contributed by atoms with Gasteiger partial charge in [-0.15, -0.1) is 0 Å². The van der Waals surface area contributed by atoms with Gasteiger partial charge in [0.05, 0.1) is 29.5 Å². The lowest BCUT2D eigenvalue weighted by Gasteiger charge is -2.05. The van der Waals surface area contributed by atoms with Gasteiger partial charge in [-0.1, -0.05) is 69.8 Å². The molecule has 0 atom stereocenters. The van der Waals surface area contributed by atoms with Gasteiger partial charge in [-0.3, -0.25) is 47.9 Å². The molecule has 2 amide bonds. The van der Waals surface area contributed by atoms with Crippen molar-refractivity contribution < 1.29 is 128 Å². The molecule has 0 aliphatic heterocycles. The standard InChI is InChI=1S/C11H12O3S.C10H10O4S.C9H13NO5.C8H11NO5.C7H8O5.C7H10O5/c1-3-10(12)8-9-4-6-11(7-5-9)15(2,13)14;1-2-8-3-5-9(6-4-8)15(13,14)7-10(11)12;1-6(2)9(14)10-3-4-15-8(13)5-7(11)12;1-2-6(10)9-3-4-14-8(13)5-7(11)12;1-2-7(11)12-4-5(8)3-6(9)10;1-2-7(10)12-4-3-11-5-6(8)9/h3-7H,1,8H2,2H3;2-6H,1,7H2,(H,11,12);1,3-5H2,2H3,(H,10,14)(H,11,12);2H,1,3-5H2,(H,9,10)(H,11,12);2H,1,3-4H2,(H,9,10);2H,1,3-5H2,(H,8,9). The van der Waals surface area contributed by atoms with Gasteiger partial charge in [0, 0.05) is 30.4 Å². The van der Waals surface area contributed by atoms with E-state index < -0.39 is 111 Å². The van der Waals surface area contributed by atoms with E-state index in [9.17, 15) is 79.2 Å². The Morgan fingerprint density at radius 2 is 1.00 bits per heavy atom. The molecule has 31 heteroatoms. The highest BCUT2D eigenvalue weighted by molar-refractivity contribution is 7.92. The van der Waals surface area contributed by atoms with Crippen LogP contribution in [0.2, 0.25) is 0 Å². The van der Waals surface area contributed by atoms with Crippen molar-refractivity contribution in [2.24, 2.45) is 0 Å². The third-order valence-electron chi connectivity index (χ3n) is 7.98. The van der Waals surface area contributed by atoms with E-state index in [2.05, 4.69) is 73.8 Å². The maximum absolute atomic E-state index is 11.4. The number of carbonyl (C=O) groups is 13. The van der Waals surface area contributed by atoms with E-state index in [0.29, 0.717) is 5.57 Å². The van der Waals surface area contributed by atoms with Crippen LogP contribution in [0.4, 0.5) is 0 Å². The average molecular weight is 1210 g/mol. The molecular weight excluding hydrogens is 1150 g/mol. The molecule has 0 unspecified atom stereocenters. The number of aliphatic carboxylic acids is 5. The zero-order chi connectivity index (χ0) is 64.7. The molecule has 0 bridgehead atoms. The van der Waals surface area contributed by atoms with Crippen LogP contribution < -0.4 is 10.6 Å². The Kier molecular flexibility index (Phi) is 44.2. The largest absolute Gasteiger partial charge is 0.481 e. The van der Waals surface area contributed by atoms with E-state index in [0.717, 1.165) is 35.6 Å². The predicted octanol–water partition coefficient (Wildman–Crippen LogP) is 1.15. The SMILES string of the molecule is C=C(C)C(=O)NCCOC(=O)CC(=O)O.C=CC(=O)Cc1ccc(S(C)(=O)=O)cc1.C=CC(=O)NCCOC(=O)CC(=O)O.C=CC(=O)OCC(=O)CC(=O)O.C=CC(=O)OCCOCC(=O)O.C=Cc1ccc(S(=O)(=O)CC(=O)O)cc1. The van der Waals surface area contributed by atoms with E-state index in [1.165, 1.54) is 30.3 Å².